The number of esters is 1. The van der Waals surface area contributed by atoms with E-state index in [1.807, 2.05) is 13.0 Å². The molecule has 8 heteroatoms. The molecule has 0 spiro atoms. The minimum Gasteiger partial charge on any atom is -0.482 e. The number of imide groups is 2. The third-order valence-electron chi connectivity index (χ3n) is 4.28. The molecule has 0 saturated carbocycles. The van der Waals surface area contributed by atoms with Gasteiger partial charge in [-0.3, -0.25) is 14.9 Å². The van der Waals surface area contributed by atoms with E-state index in [0.717, 1.165) is 10.5 Å². The van der Waals surface area contributed by atoms with Crippen molar-refractivity contribution in [2.75, 3.05) is 11.5 Å². The van der Waals surface area contributed by atoms with Gasteiger partial charge < -0.3 is 9.47 Å². The Kier molecular flexibility index (Phi) is 6.49. The highest BCUT2D eigenvalue weighted by Gasteiger charge is 2.36. The number of nitrogens with one attached hydrogen (secondary N) is 1. The summed E-state index contributed by atoms with van der Waals surface area (Å²) >= 11 is 0. The van der Waals surface area contributed by atoms with Crippen LogP contribution in [0.1, 0.15) is 25.0 Å². The van der Waals surface area contributed by atoms with Crippen LogP contribution >= 0.6 is 0 Å². The van der Waals surface area contributed by atoms with E-state index in [1.165, 1.54) is 6.08 Å². The molecule has 8 nitrogen and oxygen atoms in total. The Balaban J connectivity index is 1.77. The summed E-state index contributed by atoms with van der Waals surface area (Å²) in [6.07, 6.45) is 1.17. The molecule has 2 aromatic carbocycles. The Morgan fingerprint density at radius 3 is 2.45 bits per heavy atom. The largest absolute Gasteiger partial charge is 0.482 e. The molecule has 0 aromatic heterocycles. The maximum absolute atomic E-state index is 12.9. The number of urea groups is 1. The van der Waals surface area contributed by atoms with Gasteiger partial charge in [-0.1, -0.05) is 24.3 Å². The van der Waals surface area contributed by atoms with Crippen LogP contribution in [-0.2, 0) is 19.1 Å². The maximum atomic E-state index is 12.9. The molecule has 1 aliphatic rings. The van der Waals surface area contributed by atoms with Crippen LogP contribution in [0.4, 0.5) is 10.5 Å². The topological polar surface area (TPSA) is 102 Å². The number of hydrogen-bond acceptors (Lipinski definition) is 6. The van der Waals surface area contributed by atoms with Crippen LogP contribution in [0.5, 0.6) is 5.75 Å². The normalized spacial score (nSPS) is 15.3. The lowest BCUT2D eigenvalue weighted by Crippen LogP contribution is -2.54. The minimum absolute atomic E-state index is 0.171. The van der Waals surface area contributed by atoms with Crippen LogP contribution in [0.3, 0.4) is 0 Å². The molecule has 1 aliphatic heterocycles. The summed E-state index contributed by atoms with van der Waals surface area (Å²) in [7, 11) is 0. The van der Waals surface area contributed by atoms with Crippen LogP contribution in [0, 0.1) is 6.92 Å². The quantitative estimate of drug-likeness (QED) is 0.436. The SMILES string of the molecule is Cc1cccc(N2C(=O)NC(=O)/C(=C\c3ccc(OCC(=O)OC(C)C)cc3)C2=O)c1. The van der Waals surface area contributed by atoms with Crippen molar-refractivity contribution in [2.45, 2.75) is 26.9 Å². The first-order valence-electron chi connectivity index (χ1n) is 9.65. The van der Waals surface area contributed by atoms with Gasteiger partial charge in [-0.15, -0.1) is 0 Å². The molecule has 4 amide bonds. The molecule has 1 fully saturated rings. The first-order valence-corrected chi connectivity index (χ1v) is 9.65. The molecule has 1 saturated heterocycles. The lowest BCUT2D eigenvalue weighted by molar-refractivity contribution is -0.149. The summed E-state index contributed by atoms with van der Waals surface area (Å²) in [4.78, 5) is 49.9. The fourth-order valence-corrected chi connectivity index (χ4v) is 2.93. The van der Waals surface area contributed by atoms with Gasteiger partial charge in [0.1, 0.15) is 11.3 Å². The van der Waals surface area contributed by atoms with Gasteiger partial charge in [-0.2, -0.15) is 0 Å². The zero-order valence-electron chi connectivity index (χ0n) is 17.4. The lowest BCUT2D eigenvalue weighted by atomic mass is 10.1. The Morgan fingerprint density at radius 2 is 1.81 bits per heavy atom. The fraction of sp³-hybridized carbons (Fsp3) is 0.217. The fourth-order valence-electron chi connectivity index (χ4n) is 2.93. The predicted molar refractivity (Wildman–Crippen MR) is 113 cm³/mol. The van der Waals surface area contributed by atoms with Gasteiger partial charge in [-0.25, -0.2) is 14.5 Å². The van der Waals surface area contributed by atoms with Crippen molar-refractivity contribution in [1.29, 1.82) is 0 Å². The van der Waals surface area contributed by atoms with Crippen molar-refractivity contribution in [2.24, 2.45) is 0 Å². The summed E-state index contributed by atoms with van der Waals surface area (Å²) < 4.78 is 10.4. The molecular formula is C23H22N2O6. The van der Waals surface area contributed by atoms with E-state index in [-0.39, 0.29) is 18.3 Å². The van der Waals surface area contributed by atoms with Crippen LogP contribution in [-0.4, -0.2) is 36.5 Å². The van der Waals surface area contributed by atoms with Crippen LogP contribution < -0.4 is 15.0 Å². The van der Waals surface area contributed by atoms with Crippen molar-refractivity contribution >= 4 is 35.6 Å². The molecule has 1 heterocycles. The summed E-state index contributed by atoms with van der Waals surface area (Å²) in [6.45, 7) is 5.10. The van der Waals surface area contributed by atoms with Crippen molar-refractivity contribution in [3.8, 4) is 5.75 Å². The minimum atomic E-state index is -0.796. The zero-order valence-corrected chi connectivity index (χ0v) is 17.4. The number of rotatable bonds is 6. The Bertz CT molecular complexity index is 1060. The van der Waals surface area contributed by atoms with Crippen LogP contribution in [0.25, 0.3) is 6.08 Å². The molecule has 0 bridgehead atoms. The van der Waals surface area contributed by atoms with Gasteiger partial charge in [0.25, 0.3) is 11.8 Å². The van der Waals surface area contributed by atoms with Crippen molar-refractivity contribution < 1.29 is 28.7 Å². The van der Waals surface area contributed by atoms with Gasteiger partial charge in [0.05, 0.1) is 11.8 Å². The number of anilines is 1. The van der Waals surface area contributed by atoms with E-state index in [0.29, 0.717) is 17.0 Å². The van der Waals surface area contributed by atoms with Gasteiger partial charge in [0.15, 0.2) is 6.61 Å². The molecule has 0 unspecified atom stereocenters. The smallest absolute Gasteiger partial charge is 0.344 e. The van der Waals surface area contributed by atoms with E-state index in [9.17, 15) is 19.2 Å². The number of carbonyl (C=O) groups excluding carboxylic acids is 4. The van der Waals surface area contributed by atoms with Gasteiger partial charge in [0.2, 0.25) is 0 Å². The van der Waals surface area contributed by atoms with Crippen LogP contribution in [0.2, 0.25) is 0 Å². The van der Waals surface area contributed by atoms with E-state index in [1.54, 1.807) is 56.3 Å². The average molecular weight is 422 g/mol. The summed E-state index contributed by atoms with van der Waals surface area (Å²) in [6, 6.07) is 12.5. The predicted octanol–water partition coefficient (Wildman–Crippen LogP) is 2.99. The monoisotopic (exact) mass is 422 g/mol. The highest BCUT2D eigenvalue weighted by atomic mass is 16.6. The summed E-state index contributed by atoms with van der Waals surface area (Å²) in [5.74, 6) is -1.53. The molecule has 160 valence electrons. The Labute approximate surface area is 179 Å². The number of benzene rings is 2. The first-order chi connectivity index (χ1) is 14.7. The van der Waals surface area contributed by atoms with Gasteiger partial charge in [-0.05, 0) is 62.2 Å². The second-order valence-electron chi connectivity index (χ2n) is 7.19. The lowest BCUT2D eigenvalue weighted by Gasteiger charge is -2.26. The highest BCUT2D eigenvalue weighted by Crippen LogP contribution is 2.23. The maximum Gasteiger partial charge on any atom is 0.344 e. The molecule has 0 radical (unpaired) electrons. The number of carbonyl (C=O) groups is 4. The molecule has 31 heavy (non-hydrogen) atoms. The number of hydrogen-bond donors (Lipinski definition) is 1. The number of nitrogens with zero attached hydrogens (tertiary/aromatic N) is 1. The van der Waals surface area contributed by atoms with Crippen LogP contribution in [0.15, 0.2) is 54.1 Å². The first kappa shape index (κ1) is 21.8. The second kappa shape index (κ2) is 9.25. The van der Waals surface area contributed by atoms with E-state index in [4.69, 9.17) is 9.47 Å². The molecule has 3 rings (SSSR count). The molecular weight excluding hydrogens is 400 g/mol. The number of amides is 4. The summed E-state index contributed by atoms with van der Waals surface area (Å²) in [5.41, 5.74) is 1.62. The molecule has 0 aliphatic carbocycles. The van der Waals surface area contributed by atoms with E-state index >= 15 is 0 Å². The second-order valence-corrected chi connectivity index (χ2v) is 7.19. The molecule has 0 atom stereocenters. The number of ether oxygens (including phenoxy) is 2. The van der Waals surface area contributed by atoms with Crippen molar-refractivity contribution in [1.82, 2.24) is 5.32 Å². The van der Waals surface area contributed by atoms with E-state index in [2.05, 4.69) is 5.32 Å². The van der Waals surface area contributed by atoms with Crippen molar-refractivity contribution in [3.05, 3.63) is 65.2 Å². The standard InChI is InChI=1S/C23H22N2O6/c1-14(2)31-20(26)13-30-18-9-7-16(8-10-18)12-19-21(27)24-23(29)25(22(19)28)17-6-4-5-15(3)11-17/h4-12,14H,13H2,1-3H3,(H,24,27,29)/b19-12+. The summed E-state index contributed by atoms with van der Waals surface area (Å²) in [5, 5.41) is 2.19. The van der Waals surface area contributed by atoms with Crippen molar-refractivity contribution in [3.63, 3.8) is 0 Å². The number of barbiturate groups is 1. The van der Waals surface area contributed by atoms with Gasteiger partial charge in [0, 0.05) is 0 Å². The average Bonchev–Trinajstić information content (AvgIpc) is 2.70. The third-order valence-corrected chi connectivity index (χ3v) is 4.28. The third kappa shape index (κ3) is 5.36. The van der Waals surface area contributed by atoms with E-state index < -0.39 is 23.8 Å². The number of aryl methyl sites for hydroxylation is 1. The van der Waals surface area contributed by atoms with Gasteiger partial charge >= 0.3 is 12.0 Å². The highest BCUT2D eigenvalue weighted by molar-refractivity contribution is 6.39. The molecule has 1 N–H and O–H groups in total. The Morgan fingerprint density at radius 1 is 1.10 bits per heavy atom. The zero-order chi connectivity index (χ0) is 22.5. The molecule has 2 aromatic rings. The Hall–Kier alpha value is -3.94.